The van der Waals surface area contributed by atoms with E-state index in [-0.39, 0.29) is 22.8 Å². The van der Waals surface area contributed by atoms with E-state index in [2.05, 4.69) is 0 Å². The summed E-state index contributed by atoms with van der Waals surface area (Å²) < 4.78 is 14.5. The largest absolute Gasteiger partial charge is 0.478 e. The molecule has 4 fully saturated rings. The maximum atomic E-state index is 14.5. The molecule has 5 heteroatoms. The quantitative estimate of drug-likeness (QED) is 0.932. The highest BCUT2D eigenvalue weighted by Crippen LogP contribution is 2.65. The van der Waals surface area contributed by atoms with E-state index < -0.39 is 11.8 Å². The molecule has 3 saturated carbocycles. The molecule has 4 nitrogen and oxygen atoms in total. The van der Waals surface area contributed by atoms with E-state index in [0.717, 1.165) is 44.6 Å². The van der Waals surface area contributed by atoms with Gasteiger partial charge in [-0.15, -0.1) is 0 Å². The molecule has 3 aliphatic carbocycles. The second kappa shape index (κ2) is 5.05. The Kier molecular flexibility index (Phi) is 3.22. The Hall–Kier alpha value is -1.91. The number of carboxylic acid groups (broad SMARTS) is 1. The number of piperidine rings is 1. The fourth-order valence-electron chi connectivity index (χ4n) is 4.52. The number of carbonyl (C=O) groups is 2. The maximum Gasteiger partial charge on any atom is 0.338 e. The molecule has 1 aromatic rings. The first-order chi connectivity index (χ1) is 11.0. The van der Waals surface area contributed by atoms with E-state index in [1.54, 1.807) is 12.1 Å². The van der Waals surface area contributed by atoms with Crippen molar-refractivity contribution in [2.75, 3.05) is 13.1 Å². The van der Waals surface area contributed by atoms with Gasteiger partial charge >= 0.3 is 5.97 Å². The highest BCUT2D eigenvalue weighted by molar-refractivity contribution is 5.88. The van der Waals surface area contributed by atoms with Crippen LogP contribution in [0, 0.1) is 17.2 Å². The Morgan fingerprint density at radius 2 is 2.00 bits per heavy atom. The van der Waals surface area contributed by atoms with Gasteiger partial charge in [-0.1, -0.05) is 12.1 Å². The summed E-state index contributed by atoms with van der Waals surface area (Å²) in [5, 5.41) is 9.08. The van der Waals surface area contributed by atoms with E-state index in [4.69, 9.17) is 5.11 Å². The smallest absolute Gasteiger partial charge is 0.338 e. The third-order valence-electron chi connectivity index (χ3n) is 5.90. The van der Waals surface area contributed by atoms with Crippen molar-refractivity contribution >= 4 is 11.9 Å². The van der Waals surface area contributed by atoms with Crippen molar-refractivity contribution in [2.45, 2.75) is 38.0 Å². The van der Waals surface area contributed by atoms with Crippen LogP contribution in [0.25, 0.3) is 0 Å². The van der Waals surface area contributed by atoms with Crippen LogP contribution in [-0.4, -0.2) is 35.0 Å². The zero-order valence-electron chi connectivity index (χ0n) is 12.9. The minimum Gasteiger partial charge on any atom is -0.478 e. The molecule has 0 aromatic heterocycles. The van der Waals surface area contributed by atoms with Gasteiger partial charge in [-0.05, 0) is 49.7 Å². The summed E-state index contributed by atoms with van der Waals surface area (Å²) in [4.78, 5) is 25.7. The predicted molar refractivity (Wildman–Crippen MR) is 81.7 cm³/mol. The minimum atomic E-state index is -1.25. The van der Waals surface area contributed by atoms with Crippen LogP contribution in [-0.2, 0) is 4.79 Å². The molecular weight excluding hydrogens is 297 g/mol. The highest BCUT2D eigenvalue weighted by atomic mass is 19.1. The van der Waals surface area contributed by atoms with E-state index in [1.165, 1.54) is 6.07 Å². The lowest BCUT2D eigenvalue weighted by molar-refractivity contribution is -0.178. The van der Waals surface area contributed by atoms with E-state index in [1.807, 2.05) is 4.90 Å². The zero-order chi connectivity index (χ0) is 16.2. The topological polar surface area (TPSA) is 57.6 Å². The molecule has 1 N–H and O–H groups in total. The summed E-state index contributed by atoms with van der Waals surface area (Å²) in [5.41, 5.74) is 0.0407. The summed E-state index contributed by atoms with van der Waals surface area (Å²) in [6.45, 7) is 1.24. The Morgan fingerprint density at radius 1 is 1.26 bits per heavy atom. The Labute approximate surface area is 134 Å². The molecule has 0 radical (unpaired) electrons. The van der Waals surface area contributed by atoms with Crippen molar-refractivity contribution < 1.29 is 19.1 Å². The average Bonchev–Trinajstić information content (AvgIpc) is 2.44. The third-order valence-corrected chi connectivity index (χ3v) is 5.90. The molecule has 1 heterocycles. The van der Waals surface area contributed by atoms with Gasteiger partial charge in [-0.2, -0.15) is 0 Å². The van der Waals surface area contributed by atoms with Crippen molar-refractivity contribution in [3.63, 3.8) is 0 Å². The molecule has 4 aliphatic rings. The van der Waals surface area contributed by atoms with Crippen molar-refractivity contribution in [1.29, 1.82) is 0 Å². The van der Waals surface area contributed by atoms with Crippen molar-refractivity contribution in [1.82, 2.24) is 4.90 Å². The summed E-state index contributed by atoms with van der Waals surface area (Å²) >= 11 is 0. The zero-order valence-corrected chi connectivity index (χ0v) is 12.9. The van der Waals surface area contributed by atoms with Crippen LogP contribution in [0.15, 0.2) is 18.2 Å². The second-order valence-electron chi connectivity index (χ2n) is 7.36. The summed E-state index contributed by atoms with van der Waals surface area (Å²) in [5.74, 6) is -1.02. The number of carbonyl (C=O) groups excluding carboxylic acids is 1. The number of hydrogen-bond acceptors (Lipinski definition) is 2. The first-order valence-corrected chi connectivity index (χ1v) is 8.31. The van der Waals surface area contributed by atoms with Gasteiger partial charge in [0.1, 0.15) is 5.82 Å². The fourth-order valence-corrected chi connectivity index (χ4v) is 4.52. The van der Waals surface area contributed by atoms with Gasteiger partial charge in [-0.25, -0.2) is 9.18 Å². The van der Waals surface area contributed by atoms with Gasteiger partial charge in [0.15, 0.2) is 0 Å². The van der Waals surface area contributed by atoms with Gasteiger partial charge < -0.3 is 10.0 Å². The SMILES string of the molecule is O=C(O)c1cccc(C2CCCN(C(=O)C34CC(C3)C4)C2)c1F. The van der Waals surface area contributed by atoms with Crippen LogP contribution in [0.3, 0.4) is 0 Å². The first-order valence-electron chi connectivity index (χ1n) is 8.31. The number of nitrogens with zero attached hydrogens (tertiary/aromatic N) is 1. The standard InChI is InChI=1S/C18H20FNO3/c19-15-13(4-1-5-14(15)16(21)22)12-3-2-6-20(10-12)17(23)18-7-11(8-18)9-18/h1,4-5,11-12H,2-3,6-10H2,(H,21,22). The third kappa shape index (κ3) is 2.17. The monoisotopic (exact) mass is 317 g/mol. The Bertz CT molecular complexity index is 670. The van der Waals surface area contributed by atoms with Gasteiger partial charge in [0.05, 0.1) is 11.0 Å². The number of amides is 1. The molecule has 1 unspecified atom stereocenters. The number of benzene rings is 1. The number of halogens is 1. The molecular formula is C18H20FNO3. The lowest BCUT2D eigenvalue weighted by Gasteiger charge is -2.61. The van der Waals surface area contributed by atoms with Gasteiger partial charge in [-0.3, -0.25) is 4.79 Å². The van der Waals surface area contributed by atoms with Crippen molar-refractivity contribution in [3.05, 3.63) is 35.1 Å². The van der Waals surface area contributed by atoms with Crippen LogP contribution >= 0.6 is 0 Å². The molecule has 23 heavy (non-hydrogen) atoms. The number of hydrogen-bond donors (Lipinski definition) is 1. The van der Waals surface area contributed by atoms with E-state index >= 15 is 0 Å². The van der Waals surface area contributed by atoms with E-state index in [9.17, 15) is 14.0 Å². The molecule has 1 aliphatic heterocycles. The molecule has 5 rings (SSSR count). The van der Waals surface area contributed by atoms with Crippen molar-refractivity contribution in [3.8, 4) is 0 Å². The minimum absolute atomic E-state index is 0.103. The number of aromatic carboxylic acids is 1. The molecule has 0 spiro atoms. The lowest BCUT2D eigenvalue weighted by atomic mass is 9.44. The van der Waals surface area contributed by atoms with Crippen LogP contribution in [0.4, 0.5) is 4.39 Å². The molecule has 1 amide bonds. The van der Waals surface area contributed by atoms with Crippen LogP contribution < -0.4 is 0 Å². The second-order valence-corrected chi connectivity index (χ2v) is 7.36. The molecule has 122 valence electrons. The molecule has 1 aromatic carbocycles. The maximum absolute atomic E-state index is 14.5. The lowest BCUT2D eigenvalue weighted by Crippen LogP contribution is -2.62. The first kappa shape index (κ1) is 14.7. The Morgan fingerprint density at radius 3 is 2.61 bits per heavy atom. The molecule has 1 saturated heterocycles. The van der Waals surface area contributed by atoms with Gasteiger partial charge in [0, 0.05) is 19.0 Å². The van der Waals surface area contributed by atoms with Crippen LogP contribution in [0.5, 0.6) is 0 Å². The fraction of sp³-hybridized carbons (Fsp3) is 0.556. The van der Waals surface area contributed by atoms with Crippen molar-refractivity contribution in [2.24, 2.45) is 11.3 Å². The normalized spacial score (nSPS) is 32.0. The number of likely N-dealkylation sites (tertiary alicyclic amines) is 1. The number of carboxylic acids is 1. The van der Waals surface area contributed by atoms with Gasteiger partial charge in [0.25, 0.3) is 0 Å². The van der Waals surface area contributed by atoms with E-state index in [0.29, 0.717) is 12.1 Å². The molecule has 2 bridgehead atoms. The van der Waals surface area contributed by atoms with Gasteiger partial charge in [0.2, 0.25) is 5.91 Å². The number of rotatable bonds is 3. The summed E-state index contributed by atoms with van der Waals surface area (Å²) in [6.07, 6.45) is 4.70. The summed E-state index contributed by atoms with van der Waals surface area (Å²) in [6, 6.07) is 4.53. The summed E-state index contributed by atoms with van der Waals surface area (Å²) in [7, 11) is 0. The average molecular weight is 317 g/mol. The van der Waals surface area contributed by atoms with Crippen LogP contribution in [0.2, 0.25) is 0 Å². The highest BCUT2D eigenvalue weighted by Gasteiger charge is 2.62. The Balaban J connectivity index is 1.54. The molecule has 1 atom stereocenters. The van der Waals surface area contributed by atoms with Crippen LogP contribution in [0.1, 0.15) is 53.9 Å². The predicted octanol–water partition coefficient (Wildman–Crippen LogP) is 3.03.